The van der Waals surface area contributed by atoms with Gasteiger partial charge < -0.3 is 20.3 Å². The molecule has 0 saturated carbocycles. The van der Waals surface area contributed by atoms with Gasteiger partial charge in [0.15, 0.2) is 0 Å². The van der Waals surface area contributed by atoms with Crippen LogP contribution in [0, 0.1) is 0 Å². The molecule has 0 spiro atoms. The molecule has 3 unspecified atom stereocenters. The number of aliphatic hydroxyl groups is 2. The molecule has 0 rings (SSSR count). The van der Waals surface area contributed by atoms with Crippen LogP contribution in [0.4, 0.5) is 0 Å². The van der Waals surface area contributed by atoms with Crippen molar-refractivity contribution in [2.75, 3.05) is 6.61 Å². The molecular formula is C50H91NO5. The topological polar surface area (TPSA) is 95.9 Å². The number of rotatable bonds is 42. The first kappa shape index (κ1) is 53.8. The van der Waals surface area contributed by atoms with Crippen LogP contribution in [-0.4, -0.2) is 46.9 Å². The van der Waals surface area contributed by atoms with E-state index < -0.39 is 18.2 Å². The van der Waals surface area contributed by atoms with E-state index in [0.717, 1.165) is 70.6 Å². The number of esters is 1. The smallest absolute Gasteiger partial charge is 0.306 e. The summed E-state index contributed by atoms with van der Waals surface area (Å²) in [7, 11) is 0. The molecule has 0 fully saturated rings. The first-order chi connectivity index (χ1) is 27.5. The molecule has 0 aliphatic rings. The van der Waals surface area contributed by atoms with Gasteiger partial charge in [-0.2, -0.15) is 0 Å². The molecule has 0 heterocycles. The summed E-state index contributed by atoms with van der Waals surface area (Å²) < 4.78 is 5.90. The number of aliphatic hydroxyl groups excluding tert-OH is 2. The van der Waals surface area contributed by atoms with E-state index >= 15 is 0 Å². The van der Waals surface area contributed by atoms with Gasteiger partial charge in [0.05, 0.1) is 25.2 Å². The summed E-state index contributed by atoms with van der Waals surface area (Å²) in [5.74, 6) is -0.509. The summed E-state index contributed by atoms with van der Waals surface area (Å²) in [6.07, 6.45) is 51.7. The van der Waals surface area contributed by atoms with Crippen LogP contribution >= 0.6 is 0 Å². The molecule has 0 aromatic rings. The molecule has 1 amide bonds. The van der Waals surface area contributed by atoms with Crippen LogP contribution in [0.3, 0.4) is 0 Å². The van der Waals surface area contributed by atoms with Crippen molar-refractivity contribution in [2.24, 2.45) is 0 Å². The Morgan fingerprint density at radius 2 is 0.964 bits per heavy atom. The molecule has 0 bridgehead atoms. The van der Waals surface area contributed by atoms with Crippen LogP contribution in [0.15, 0.2) is 48.6 Å². The van der Waals surface area contributed by atoms with E-state index in [0.29, 0.717) is 19.3 Å². The average molecular weight is 786 g/mol. The van der Waals surface area contributed by atoms with Gasteiger partial charge in [0.1, 0.15) is 6.10 Å². The summed E-state index contributed by atoms with van der Waals surface area (Å²) in [5, 5.41) is 23.7. The lowest BCUT2D eigenvalue weighted by Gasteiger charge is -2.24. The number of unbranched alkanes of at least 4 members (excludes halogenated alkanes) is 25. The van der Waals surface area contributed by atoms with Gasteiger partial charge in [-0.25, -0.2) is 0 Å². The zero-order valence-corrected chi connectivity index (χ0v) is 37.0. The Bertz CT molecular complexity index is 972. The van der Waals surface area contributed by atoms with Crippen molar-refractivity contribution in [3.8, 4) is 0 Å². The molecule has 3 atom stereocenters. The molecule has 0 aliphatic heterocycles. The summed E-state index contributed by atoms with van der Waals surface area (Å²) in [5.41, 5.74) is 0. The maximum atomic E-state index is 13.1. The minimum absolute atomic E-state index is 0.0532. The number of amides is 1. The summed E-state index contributed by atoms with van der Waals surface area (Å²) in [6, 6.07) is -0.711. The van der Waals surface area contributed by atoms with Gasteiger partial charge in [-0.15, -0.1) is 0 Å². The van der Waals surface area contributed by atoms with E-state index in [-0.39, 0.29) is 24.9 Å². The quantitative estimate of drug-likeness (QED) is 0.0325. The Morgan fingerprint density at radius 1 is 0.536 bits per heavy atom. The normalized spacial score (nSPS) is 13.7. The highest BCUT2D eigenvalue weighted by Crippen LogP contribution is 2.17. The Morgan fingerprint density at radius 3 is 1.46 bits per heavy atom. The molecule has 0 aromatic carbocycles. The van der Waals surface area contributed by atoms with Crippen molar-refractivity contribution in [3.63, 3.8) is 0 Å². The SMILES string of the molecule is CC/C=C/C=C/C=C/C=C\CCCCCC(CC(=O)NC(CO)C(O)CCCCCCCCCCCCC)OC(=O)CCCCCCCCCCCCCCC. The Hall–Kier alpha value is -2.18. The highest BCUT2D eigenvalue weighted by Gasteiger charge is 2.24. The highest BCUT2D eigenvalue weighted by molar-refractivity contribution is 5.77. The molecule has 0 radical (unpaired) electrons. The van der Waals surface area contributed by atoms with Crippen LogP contribution in [0.5, 0.6) is 0 Å². The molecule has 0 aliphatic carbocycles. The van der Waals surface area contributed by atoms with Crippen LogP contribution in [0.25, 0.3) is 0 Å². The Balaban J connectivity index is 4.65. The first-order valence-corrected chi connectivity index (χ1v) is 23.9. The van der Waals surface area contributed by atoms with Crippen LogP contribution in [0.2, 0.25) is 0 Å². The van der Waals surface area contributed by atoms with E-state index in [1.54, 1.807) is 0 Å². The maximum Gasteiger partial charge on any atom is 0.306 e. The average Bonchev–Trinajstić information content (AvgIpc) is 3.19. The minimum atomic E-state index is -0.795. The molecule has 3 N–H and O–H groups in total. The first-order valence-electron chi connectivity index (χ1n) is 23.9. The lowest BCUT2D eigenvalue weighted by atomic mass is 10.0. The molecule has 6 heteroatoms. The van der Waals surface area contributed by atoms with Crippen LogP contribution in [0.1, 0.15) is 233 Å². The Kier molecular flexibility index (Phi) is 42.2. The van der Waals surface area contributed by atoms with Gasteiger partial charge in [0.25, 0.3) is 0 Å². The predicted octanol–water partition coefficient (Wildman–Crippen LogP) is 13.9. The predicted molar refractivity (Wildman–Crippen MR) is 241 cm³/mol. The highest BCUT2D eigenvalue weighted by atomic mass is 16.5. The van der Waals surface area contributed by atoms with E-state index in [9.17, 15) is 19.8 Å². The van der Waals surface area contributed by atoms with E-state index in [1.165, 1.54) is 116 Å². The van der Waals surface area contributed by atoms with Crippen molar-refractivity contribution in [1.29, 1.82) is 0 Å². The number of carbonyl (C=O) groups is 2. The van der Waals surface area contributed by atoms with Crippen molar-refractivity contribution in [1.82, 2.24) is 5.32 Å². The number of hydrogen-bond acceptors (Lipinski definition) is 5. The molecule has 56 heavy (non-hydrogen) atoms. The fraction of sp³-hybridized carbons (Fsp3) is 0.800. The van der Waals surface area contributed by atoms with Gasteiger partial charge in [0, 0.05) is 6.42 Å². The second-order valence-corrected chi connectivity index (χ2v) is 16.2. The van der Waals surface area contributed by atoms with Crippen molar-refractivity contribution in [2.45, 2.75) is 251 Å². The summed E-state index contributed by atoms with van der Waals surface area (Å²) in [6.45, 7) is 6.32. The van der Waals surface area contributed by atoms with Crippen LogP contribution < -0.4 is 5.32 Å². The largest absolute Gasteiger partial charge is 0.462 e. The zero-order chi connectivity index (χ0) is 41.0. The zero-order valence-electron chi connectivity index (χ0n) is 37.0. The second-order valence-electron chi connectivity index (χ2n) is 16.2. The third kappa shape index (κ3) is 38.7. The second kappa shape index (κ2) is 43.9. The maximum absolute atomic E-state index is 13.1. The lowest BCUT2D eigenvalue weighted by molar-refractivity contribution is -0.151. The van der Waals surface area contributed by atoms with Gasteiger partial charge in [-0.1, -0.05) is 223 Å². The van der Waals surface area contributed by atoms with Crippen molar-refractivity contribution >= 4 is 11.9 Å². The molecule has 0 saturated heterocycles. The summed E-state index contributed by atoms with van der Waals surface area (Å²) in [4.78, 5) is 26.0. The molecule has 0 aromatic heterocycles. The minimum Gasteiger partial charge on any atom is -0.462 e. The van der Waals surface area contributed by atoms with Gasteiger partial charge in [-0.3, -0.25) is 9.59 Å². The number of hydrogen-bond donors (Lipinski definition) is 3. The monoisotopic (exact) mass is 786 g/mol. The van der Waals surface area contributed by atoms with Crippen molar-refractivity contribution in [3.05, 3.63) is 48.6 Å². The van der Waals surface area contributed by atoms with Gasteiger partial charge >= 0.3 is 5.97 Å². The number of nitrogens with one attached hydrogen (secondary N) is 1. The van der Waals surface area contributed by atoms with Crippen LogP contribution in [-0.2, 0) is 14.3 Å². The van der Waals surface area contributed by atoms with E-state index in [1.807, 2.05) is 24.3 Å². The molecule has 6 nitrogen and oxygen atoms in total. The molecule has 326 valence electrons. The fourth-order valence-electron chi connectivity index (χ4n) is 7.15. The number of allylic oxidation sites excluding steroid dienone is 8. The standard InChI is InChI=1S/C50H91NO5/c1-4-7-10-13-16-19-22-24-27-29-32-35-38-41-46(56-50(55)43-40-37-34-31-28-25-23-20-17-14-11-8-5-2)44-49(54)51-47(45-52)48(53)42-39-36-33-30-26-21-18-15-12-9-6-3/h7,10,13,16,19,22,24,27,46-48,52-53H,4-6,8-9,11-12,14-15,17-18,20-21,23,25-26,28-45H2,1-3H3,(H,51,54)/b10-7+,16-13+,22-19+,27-24-. The Labute approximate surface area is 346 Å². The third-order valence-corrected chi connectivity index (χ3v) is 10.8. The fourth-order valence-corrected chi connectivity index (χ4v) is 7.15. The third-order valence-electron chi connectivity index (χ3n) is 10.8. The van der Waals surface area contributed by atoms with Crippen molar-refractivity contribution < 1.29 is 24.5 Å². The van der Waals surface area contributed by atoms with E-state index in [4.69, 9.17) is 4.74 Å². The van der Waals surface area contributed by atoms with E-state index in [2.05, 4.69) is 50.4 Å². The lowest BCUT2D eigenvalue weighted by Crippen LogP contribution is -2.46. The number of carbonyl (C=O) groups excluding carboxylic acids is 2. The molecular weight excluding hydrogens is 695 g/mol. The summed E-state index contributed by atoms with van der Waals surface area (Å²) >= 11 is 0. The van der Waals surface area contributed by atoms with Gasteiger partial charge in [0.2, 0.25) is 5.91 Å². The number of ether oxygens (including phenoxy) is 1. The van der Waals surface area contributed by atoms with Gasteiger partial charge in [-0.05, 0) is 44.9 Å².